The Labute approximate surface area is 175 Å². The summed E-state index contributed by atoms with van der Waals surface area (Å²) in [5, 5.41) is 6.57. The summed E-state index contributed by atoms with van der Waals surface area (Å²) >= 11 is 1.71. The summed E-state index contributed by atoms with van der Waals surface area (Å²) < 4.78 is 5.32. The number of thiophene rings is 1. The Bertz CT molecular complexity index is 1020. The first-order valence-electron chi connectivity index (χ1n) is 10.3. The fourth-order valence-electron chi connectivity index (χ4n) is 4.00. The molecule has 0 bridgehead atoms. The number of fused-ring (bicyclic) bond motifs is 1. The Kier molecular flexibility index (Phi) is 5.58. The third kappa shape index (κ3) is 4.15. The van der Waals surface area contributed by atoms with E-state index in [1.165, 1.54) is 10.9 Å². The highest BCUT2D eigenvalue weighted by atomic mass is 32.1. The Morgan fingerprint density at radius 2 is 2.07 bits per heavy atom. The second-order valence-electron chi connectivity index (χ2n) is 8.30. The van der Waals surface area contributed by atoms with E-state index in [1.54, 1.807) is 17.6 Å². The normalized spacial score (nSPS) is 15.4. The second kappa shape index (κ2) is 8.14. The van der Waals surface area contributed by atoms with E-state index in [2.05, 4.69) is 34.4 Å². The number of aromatic nitrogens is 2. The third-order valence-corrected chi connectivity index (χ3v) is 6.35. The molecule has 3 aromatic rings. The Balaban J connectivity index is 1.49. The van der Waals surface area contributed by atoms with Gasteiger partial charge >= 0.3 is 0 Å². The molecule has 3 aromatic heterocycles. The first-order chi connectivity index (χ1) is 13.9. The average Bonchev–Trinajstić information content (AvgIpc) is 3.27. The minimum atomic E-state index is -0.122. The van der Waals surface area contributed by atoms with Crippen molar-refractivity contribution < 1.29 is 9.21 Å². The van der Waals surface area contributed by atoms with E-state index in [9.17, 15) is 4.79 Å². The summed E-state index contributed by atoms with van der Waals surface area (Å²) in [7, 11) is 0. The topological polar surface area (TPSA) is 71.3 Å². The molecule has 4 rings (SSSR count). The van der Waals surface area contributed by atoms with Crippen LogP contribution in [0, 0.1) is 19.8 Å². The Morgan fingerprint density at radius 1 is 1.31 bits per heavy atom. The fraction of sp³-hybridized carbons (Fsp3) is 0.500. The number of aryl methyl sites for hydroxylation is 2. The fourth-order valence-corrected chi connectivity index (χ4v) is 4.99. The van der Waals surface area contributed by atoms with Crippen LogP contribution in [0.5, 0.6) is 0 Å². The summed E-state index contributed by atoms with van der Waals surface area (Å²) in [5.41, 5.74) is 2.22. The molecule has 1 fully saturated rings. The van der Waals surface area contributed by atoms with Crippen molar-refractivity contribution in [2.24, 2.45) is 5.92 Å². The van der Waals surface area contributed by atoms with E-state index in [1.807, 2.05) is 19.9 Å². The Hall–Kier alpha value is -2.41. The molecule has 1 aliphatic heterocycles. The summed E-state index contributed by atoms with van der Waals surface area (Å²) in [5.74, 6) is 2.75. The molecule has 0 saturated carbocycles. The van der Waals surface area contributed by atoms with Crippen LogP contribution in [-0.4, -0.2) is 35.0 Å². The third-order valence-electron chi connectivity index (χ3n) is 5.43. The van der Waals surface area contributed by atoms with Gasteiger partial charge in [-0.2, -0.15) is 0 Å². The molecule has 0 atom stereocenters. The zero-order chi connectivity index (χ0) is 20.5. The van der Waals surface area contributed by atoms with Gasteiger partial charge < -0.3 is 14.6 Å². The van der Waals surface area contributed by atoms with E-state index in [4.69, 9.17) is 9.40 Å². The first-order valence-corrected chi connectivity index (χ1v) is 11.1. The molecular weight excluding hydrogens is 384 g/mol. The van der Waals surface area contributed by atoms with Crippen molar-refractivity contribution in [3.63, 3.8) is 0 Å². The van der Waals surface area contributed by atoms with E-state index in [0.29, 0.717) is 11.7 Å². The quantitative estimate of drug-likeness (QED) is 0.668. The lowest BCUT2D eigenvalue weighted by molar-refractivity contribution is 0.0902. The molecule has 0 aromatic carbocycles. The number of amides is 1. The zero-order valence-electron chi connectivity index (χ0n) is 17.5. The minimum Gasteiger partial charge on any atom is -0.459 e. The molecule has 154 valence electrons. The van der Waals surface area contributed by atoms with Gasteiger partial charge in [0.05, 0.1) is 11.6 Å². The van der Waals surface area contributed by atoms with Gasteiger partial charge in [-0.05, 0) is 56.0 Å². The monoisotopic (exact) mass is 412 g/mol. The van der Waals surface area contributed by atoms with Gasteiger partial charge in [-0.25, -0.2) is 9.97 Å². The molecule has 1 aliphatic rings. The van der Waals surface area contributed by atoms with Crippen molar-refractivity contribution in [1.82, 2.24) is 15.3 Å². The predicted molar refractivity (Wildman–Crippen MR) is 117 cm³/mol. The lowest BCUT2D eigenvalue weighted by Gasteiger charge is -2.33. The number of carbonyl (C=O) groups is 1. The Morgan fingerprint density at radius 3 is 2.72 bits per heavy atom. The summed E-state index contributed by atoms with van der Waals surface area (Å²) in [6, 6.07) is 1.97. The van der Waals surface area contributed by atoms with Gasteiger partial charge in [-0.15, -0.1) is 11.3 Å². The molecule has 0 radical (unpaired) electrons. The molecule has 1 N–H and O–H groups in total. The number of hydrogen-bond donors (Lipinski definition) is 1. The molecule has 29 heavy (non-hydrogen) atoms. The second-order valence-corrected chi connectivity index (χ2v) is 9.16. The smallest absolute Gasteiger partial charge is 0.287 e. The highest BCUT2D eigenvalue weighted by Gasteiger charge is 2.26. The molecule has 0 spiro atoms. The van der Waals surface area contributed by atoms with E-state index in [0.717, 1.165) is 54.4 Å². The highest BCUT2D eigenvalue weighted by molar-refractivity contribution is 7.17. The molecular formula is C22H28N4O2S. The number of piperidine rings is 1. The highest BCUT2D eigenvalue weighted by Crippen LogP contribution is 2.34. The van der Waals surface area contributed by atoms with Gasteiger partial charge in [0, 0.05) is 24.7 Å². The van der Waals surface area contributed by atoms with Crippen LogP contribution >= 0.6 is 11.3 Å². The van der Waals surface area contributed by atoms with Crippen LogP contribution in [0.15, 0.2) is 22.1 Å². The molecule has 0 aliphatic carbocycles. The van der Waals surface area contributed by atoms with Crippen molar-refractivity contribution in [2.45, 2.75) is 53.0 Å². The molecule has 6 nitrogen and oxygen atoms in total. The van der Waals surface area contributed by atoms with Crippen molar-refractivity contribution in [3.05, 3.63) is 40.4 Å². The number of nitrogens with one attached hydrogen (secondary N) is 1. The molecule has 0 unspecified atom stereocenters. The predicted octanol–water partition coefficient (Wildman–Crippen LogP) is 4.50. The van der Waals surface area contributed by atoms with E-state index < -0.39 is 0 Å². The number of carbonyl (C=O) groups excluding carboxylic acids is 1. The van der Waals surface area contributed by atoms with Crippen molar-refractivity contribution >= 4 is 33.3 Å². The van der Waals surface area contributed by atoms with E-state index in [-0.39, 0.29) is 11.9 Å². The largest absolute Gasteiger partial charge is 0.459 e. The number of rotatable bonds is 5. The molecule has 4 heterocycles. The van der Waals surface area contributed by atoms with Gasteiger partial charge in [0.25, 0.3) is 5.91 Å². The van der Waals surface area contributed by atoms with Crippen LogP contribution in [-0.2, 0) is 6.42 Å². The maximum atomic E-state index is 12.4. The number of hydrogen-bond acceptors (Lipinski definition) is 6. The lowest BCUT2D eigenvalue weighted by atomic mass is 10.0. The summed E-state index contributed by atoms with van der Waals surface area (Å²) in [4.78, 5) is 25.4. The van der Waals surface area contributed by atoms with Crippen molar-refractivity contribution in [1.29, 1.82) is 0 Å². The number of furan rings is 1. The van der Waals surface area contributed by atoms with Crippen LogP contribution in [0.1, 0.15) is 54.2 Å². The number of nitrogens with zero attached hydrogens (tertiary/aromatic N) is 3. The number of anilines is 1. The molecule has 7 heteroatoms. The van der Waals surface area contributed by atoms with Crippen molar-refractivity contribution in [3.8, 4) is 0 Å². The van der Waals surface area contributed by atoms with E-state index >= 15 is 0 Å². The van der Waals surface area contributed by atoms with Gasteiger partial charge in [0.1, 0.15) is 16.5 Å². The first kappa shape index (κ1) is 19.9. The maximum absolute atomic E-state index is 12.4. The van der Waals surface area contributed by atoms with Gasteiger partial charge in [-0.3, -0.25) is 4.79 Å². The van der Waals surface area contributed by atoms with Crippen molar-refractivity contribution in [2.75, 3.05) is 18.0 Å². The summed E-state index contributed by atoms with van der Waals surface area (Å²) in [6.45, 7) is 10.1. The van der Waals surface area contributed by atoms with Crippen LogP contribution in [0.2, 0.25) is 0 Å². The molecule has 1 amide bonds. The summed E-state index contributed by atoms with van der Waals surface area (Å²) in [6.07, 6.45) is 4.37. The van der Waals surface area contributed by atoms with Crippen LogP contribution in [0.4, 0.5) is 5.82 Å². The zero-order valence-corrected chi connectivity index (χ0v) is 18.3. The maximum Gasteiger partial charge on any atom is 0.287 e. The van der Waals surface area contributed by atoms with Gasteiger partial charge in [0.15, 0.2) is 5.76 Å². The van der Waals surface area contributed by atoms with Crippen LogP contribution in [0.3, 0.4) is 0 Å². The average molecular weight is 413 g/mol. The molecule has 1 saturated heterocycles. The standard InChI is InChI=1S/C22H28N4O2S/c1-13(2)11-16-12-29-22-18(16)20(23-15(4)24-22)26-8-5-17(6-9-26)25-21(27)19-14(3)7-10-28-19/h7,10,12-13,17H,5-6,8-9,11H2,1-4H3,(H,25,27). The lowest BCUT2D eigenvalue weighted by Crippen LogP contribution is -2.45. The van der Waals surface area contributed by atoms with Crippen LogP contribution in [0.25, 0.3) is 10.2 Å². The minimum absolute atomic E-state index is 0.122. The van der Waals surface area contributed by atoms with Crippen LogP contribution < -0.4 is 10.2 Å². The van der Waals surface area contributed by atoms with Gasteiger partial charge in [0.2, 0.25) is 0 Å². The SMILES string of the molecule is Cc1nc(N2CCC(NC(=O)c3occc3C)CC2)c2c(CC(C)C)csc2n1. The van der Waals surface area contributed by atoms with Gasteiger partial charge in [-0.1, -0.05) is 13.8 Å².